The van der Waals surface area contributed by atoms with E-state index < -0.39 is 7.14 Å². The first-order chi connectivity index (χ1) is 9.32. The van der Waals surface area contributed by atoms with Crippen LogP contribution in [0.25, 0.3) is 0 Å². The van der Waals surface area contributed by atoms with E-state index in [-0.39, 0.29) is 0 Å². The van der Waals surface area contributed by atoms with E-state index in [2.05, 4.69) is 25.7 Å². The van der Waals surface area contributed by atoms with E-state index in [4.69, 9.17) is 0 Å². The molecule has 0 saturated heterocycles. The van der Waals surface area contributed by atoms with Crippen LogP contribution in [0, 0.1) is 31.3 Å². The van der Waals surface area contributed by atoms with Crippen molar-refractivity contribution in [3.63, 3.8) is 0 Å². The second kappa shape index (κ2) is 6.33. The summed E-state index contributed by atoms with van der Waals surface area (Å²) in [6.45, 7) is 0. The summed E-state index contributed by atoms with van der Waals surface area (Å²) < 4.78 is 14.0. The molecule has 3 saturated carbocycles. The Morgan fingerprint density at radius 2 is 1.16 bits per heavy atom. The van der Waals surface area contributed by atoms with Crippen molar-refractivity contribution in [2.45, 2.75) is 75.5 Å². The molecule has 0 N–H and O–H groups in total. The average molecular weight is 277 g/mol. The monoisotopic (exact) mass is 277 g/mol. The van der Waals surface area contributed by atoms with Crippen LogP contribution < -0.4 is 0 Å². The lowest BCUT2D eigenvalue weighted by atomic mass is 9.99. The van der Waals surface area contributed by atoms with Gasteiger partial charge in [0.05, 0.1) is 0 Å². The molecule has 0 aromatic rings. The Bertz CT molecular complexity index is 298. The molecule has 1 nitrogen and oxygen atoms in total. The van der Waals surface area contributed by atoms with Crippen LogP contribution in [0.1, 0.15) is 64.2 Å². The van der Waals surface area contributed by atoms with Gasteiger partial charge in [-0.05, 0) is 51.4 Å². The van der Waals surface area contributed by atoms with Gasteiger partial charge in [-0.15, -0.1) is 0 Å². The molecule has 5 radical (unpaired) electrons. The second-order valence-corrected chi connectivity index (χ2v) is 9.83. The largest absolute Gasteiger partial charge is 0.322 e. The molecule has 0 aromatic heterocycles. The molecule has 0 bridgehead atoms. The van der Waals surface area contributed by atoms with Gasteiger partial charge in [0.1, 0.15) is 7.14 Å². The van der Waals surface area contributed by atoms with Crippen molar-refractivity contribution in [2.24, 2.45) is 0 Å². The first-order valence-corrected chi connectivity index (χ1v) is 9.98. The zero-order chi connectivity index (χ0) is 13.1. The fourth-order valence-electron chi connectivity index (χ4n) is 4.25. The van der Waals surface area contributed by atoms with Crippen LogP contribution >= 0.6 is 7.14 Å². The third-order valence-electron chi connectivity index (χ3n) is 5.28. The molecular formula is C17H26OP. The molecule has 0 unspecified atom stereocenters. The van der Waals surface area contributed by atoms with Crippen molar-refractivity contribution in [3.05, 3.63) is 31.3 Å². The Morgan fingerprint density at radius 3 is 1.58 bits per heavy atom. The van der Waals surface area contributed by atoms with Gasteiger partial charge in [-0.2, -0.15) is 0 Å². The average Bonchev–Trinajstić information content (AvgIpc) is 3.03. The minimum absolute atomic E-state index is 0.492. The van der Waals surface area contributed by atoms with Crippen molar-refractivity contribution in [1.82, 2.24) is 0 Å². The molecule has 0 amide bonds. The minimum atomic E-state index is -2.17. The van der Waals surface area contributed by atoms with Gasteiger partial charge in [0, 0.05) is 17.0 Å². The van der Waals surface area contributed by atoms with Crippen molar-refractivity contribution >= 4 is 7.14 Å². The highest BCUT2D eigenvalue weighted by molar-refractivity contribution is 7.69. The normalized spacial score (nSPS) is 28.8. The van der Waals surface area contributed by atoms with Gasteiger partial charge >= 0.3 is 0 Å². The summed E-state index contributed by atoms with van der Waals surface area (Å²) in [6.07, 6.45) is 21.1. The van der Waals surface area contributed by atoms with Crippen molar-refractivity contribution in [3.8, 4) is 0 Å². The maximum Gasteiger partial charge on any atom is 0.101 e. The zero-order valence-electron chi connectivity index (χ0n) is 11.9. The Kier molecular flexibility index (Phi) is 4.73. The fraction of sp³-hybridized carbons (Fsp3) is 0.706. The standard InChI is InChI=1S/C17H26OP/c18-19(17-13-7-8-14-17,15-9-3-1-4-10-15)16-11-5-2-6-12-16/h7-8,13-16H,1-6,9-12H2. The second-order valence-electron chi connectivity index (χ2n) is 6.44. The lowest BCUT2D eigenvalue weighted by Crippen LogP contribution is -2.26. The van der Waals surface area contributed by atoms with Gasteiger partial charge in [-0.1, -0.05) is 38.5 Å². The van der Waals surface area contributed by atoms with E-state index in [0.717, 1.165) is 0 Å². The van der Waals surface area contributed by atoms with E-state index in [1.165, 1.54) is 69.9 Å². The molecule has 3 rings (SSSR count). The highest BCUT2D eigenvalue weighted by atomic mass is 31.2. The van der Waals surface area contributed by atoms with Crippen LogP contribution in [0.2, 0.25) is 0 Å². The van der Waals surface area contributed by atoms with E-state index in [9.17, 15) is 4.57 Å². The first kappa shape index (κ1) is 14.2. The number of hydrogen-bond acceptors (Lipinski definition) is 1. The van der Waals surface area contributed by atoms with Crippen LogP contribution in [-0.4, -0.2) is 11.3 Å². The number of rotatable bonds is 3. The highest BCUT2D eigenvalue weighted by Gasteiger charge is 2.47. The molecule has 105 valence electrons. The molecule has 0 heterocycles. The summed E-state index contributed by atoms with van der Waals surface area (Å²) in [7, 11) is -2.17. The molecule has 0 atom stereocenters. The van der Waals surface area contributed by atoms with Gasteiger partial charge in [-0.25, -0.2) is 0 Å². The Balaban J connectivity index is 1.82. The Labute approximate surface area is 119 Å². The molecule has 3 aliphatic rings. The van der Waals surface area contributed by atoms with Gasteiger partial charge < -0.3 is 4.57 Å². The first-order valence-electron chi connectivity index (χ1n) is 8.13. The Hall–Kier alpha value is 0.230. The predicted molar refractivity (Wildman–Crippen MR) is 81.8 cm³/mol. The third-order valence-corrected chi connectivity index (χ3v) is 9.59. The van der Waals surface area contributed by atoms with Crippen LogP contribution in [0.4, 0.5) is 0 Å². The van der Waals surface area contributed by atoms with Crippen molar-refractivity contribution in [2.75, 3.05) is 0 Å². The molecule has 19 heavy (non-hydrogen) atoms. The van der Waals surface area contributed by atoms with Gasteiger partial charge in [0.15, 0.2) is 0 Å². The molecule has 2 heteroatoms. The van der Waals surface area contributed by atoms with Crippen molar-refractivity contribution < 1.29 is 4.57 Å². The van der Waals surface area contributed by atoms with E-state index >= 15 is 0 Å². The van der Waals surface area contributed by atoms with E-state index in [0.29, 0.717) is 11.3 Å². The summed E-state index contributed by atoms with van der Waals surface area (Å²) >= 11 is 0. The summed E-state index contributed by atoms with van der Waals surface area (Å²) in [5.74, 6) is 0. The van der Waals surface area contributed by atoms with Crippen LogP contribution in [0.3, 0.4) is 0 Å². The molecule has 0 aliphatic heterocycles. The molecule has 0 aromatic carbocycles. The topological polar surface area (TPSA) is 17.1 Å². The maximum absolute atomic E-state index is 14.0. The summed E-state index contributed by atoms with van der Waals surface area (Å²) in [5.41, 5.74) is 2.19. The molecule has 0 spiro atoms. The van der Waals surface area contributed by atoms with Gasteiger partial charge in [-0.3, -0.25) is 0 Å². The Morgan fingerprint density at radius 1 is 0.737 bits per heavy atom. The van der Waals surface area contributed by atoms with Gasteiger partial charge in [0.25, 0.3) is 0 Å². The van der Waals surface area contributed by atoms with Gasteiger partial charge in [0.2, 0.25) is 0 Å². The SMILES string of the molecule is O=P([C]1[CH][CH][CH][CH]1)(C1CCCCC1)C1CCCCC1. The molecular weight excluding hydrogens is 251 g/mol. The fourth-order valence-corrected chi connectivity index (χ4v) is 8.59. The third kappa shape index (κ3) is 2.82. The predicted octanol–water partition coefficient (Wildman–Crippen LogP) is 5.38. The quantitative estimate of drug-likeness (QED) is 0.633. The summed E-state index contributed by atoms with van der Waals surface area (Å²) in [4.78, 5) is 0. The maximum atomic E-state index is 14.0. The number of hydrogen-bond donors (Lipinski definition) is 0. The minimum Gasteiger partial charge on any atom is -0.322 e. The van der Waals surface area contributed by atoms with Crippen LogP contribution in [-0.2, 0) is 4.57 Å². The zero-order valence-corrected chi connectivity index (χ0v) is 12.8. The van der Waals surface area contributed by atoms with Crippen molar-refractivity contribution in [1.29, 1.82) is 0 Å². The highest BCUT2D eigenvalue weighted by Crippen LogP contribution is 2.71. The summed E-state index contributed by atoms with van der Waals surface area (Å²) in [5, 5.41) is 0. The van der Waals surface area contributed by atoms with E-state index in [1.54, 1.807) is 0 Å². The lowest BCUT2D eigenvalue weighted by Gasteiger charge is -2.41. The summed E-state index contributed by atoms with van der Waals surface area (Å²) in [6, 6.07) is 0. The van der Waals surface area contributed by atoms with E-state index in [1.807, 2.05) is 0 Å². The van der Waals surface area contributed by atoms with Crippen LogP contribution in [0.15, 0.2) is 0 Å². The lowest BCUT2D eigenvalue weighted by molar-refractivity contribution is 0.449. The molecule has 3 fully saturated rings. The van der Waals surface area contributed by atoms with Crippen LogP contribution in [0.5, 0.6) is 0 Å². The molecule has 3 aliphatic carbocycles. The smallest absolute Gasteiger partial charge is 0.101 e.